The van der Waals surface area contributed by atoms with E-state index in [1.165, 1.54) is 0 Å². The summed E-state index contributed by atoms with van der Waals surface area (Å²) < 4.78 is 10.7. The lowest BCUT2D eigenvalue weighted by molar-refractivity contribution is -0.121. The Labute approximate surface area is 151 Å². The summed E-state index contributed by atoms with van der Waals surface area (Å²) in [6.07, 6.45) is 2.49. The molecule has 2 heterocycles. The highest BCUT2D eigenvalue weighted by molar-refractivity contribution is 5.76. The predicted molar refractivity (Wildman–Crippen MR) is 94.2 cm³/mol. The summed E-state index contributed by atoms with van der Waals surface area (Å²) in [7, 11) is 0. The van der Waals surface area contributed by atoms with Crippen LogP contribution in [0.15, 0.2) is 53.2 Å². The Kier molecular flexibility index (Phi) is 5.92. The molecule has 1 N–H and O–H groups in total. The molecule has 0 fully saturated rings. The van der Waals surface area contributed by atoms with E-state index in [2.05, 4.69) is 20.4 Å². The lowest BCUT2D eigenvalue weighted by Gasteiger charge is -2.08. The first kappa shape index (κ1) is 17.6. The Morgan fingerprint density at radius 1 is 1.19 bits per heavy atom. The Hall–Kier alpha value is -3.22. The SMILES string of the molecule is Cc1noc(CCC(=O)NCc2ccc(OCc3ccccn3)cc2)n1. The minimum absolute atomic E-state index is 0.0590. The fourth-order valence-electron chi connectivity index (χ4n) is 2.30. The molecule has 26 heavy (non-hydrogen) atoms. The molecule has 7 nitrogen and oxygen atoms in total. The molecule has 2 aromatic heterocycles. The second kappa shape index (κ2) is 8.75. The van der Waals surface area contributed by atoms with E-state index in [0.29, 0.717) is 37.7 Å². The Bertz CT molecular complexity index is 832. The highest BCUT2D eigenvalue weighted by Crippen LogP contribution is 2.13. The highest BCUT2D eigenvalue weighted by atomic mass is 16.5. The van der Waals surface area contributed by atoms with E-state index in [4.69, 9.17) is 9.26 Å². The van der Waals surface area contributed by atoms with E-state index < -0.39 is 0 Å². The van der Waals surface area contributed by atoms with Crippen molar-refractivity contribution in [3.63, 3.8) is 0 Å². The molecule has 0 radical (unpaired) electrons. The number of aryl methyl sites for hydroxylation is 2. The van der Waals surface area contributed by atoms with Gasteiger partial charge >= 0.3 is 0 Å². The number of ether oxygens (including phenoxy) is 1. The van der Waals surface area contributed by atoms with Crippen LogP contribution in [0.3, 0.4) is 0 Å². The third kappa shape index (κ3) is 5.41. The molecule has 1 amide bonds. The largest absolute Gasteiger partial charge is 0.487 e. The van der Waals surface area contributed by atoms with Gasteiger partial charge in [0.1, 0.15) is 12.4 Å². The fraction of sp³-hybridized carbons (Fsp3) is 0.263. The zero-order valence-electron chi connectivity index (χ0n) is 14.5. The van der Waals surface area contributed by atoms with Gasteiger partial charge in [-0.05, 0) is 36.8 Å². The third-order valence-electron chi connectivity index (χ3n) is 3.66. The summed E-state index contributed by atoms with van der Waals surface area (Å²) in [5.74, 6) is 1.76. The van der Waals surface area contributed by atoms with Gasteiger partial charge < -0.3 is 14.6 Å². The number of nitrogens with one attached hydrogen (secondary N) is 1. The number of hydrogen-bond acceptors (Lipinski definition) is 6. The summed E-state index contributed by atoms with van der Waals surface area (Å²) >= 11 is 0. The standard InChI is InChI=1S/C19H20N4O3/c1-14-22-19(26-23-14)10-9-18(24)21-12-15-5-7-17(8-6-15)25-13-16-4-2-3-11-20-16/h2-8,11H,9-10,12-13H2,1H3,(H,21,24). The maximum Gasteiger partial charge on any atom is 0.227 e. The van der Waals surface area contributed by atoms with Gasteiger partial charge in [0.25, 0.3) is 0 Å². The number of aromatic nitrogens is 3. The van der Waals surface area contributed by atoms with Crippen molar-refractivity contribution in [2.75, 3.05) is 0 Å². The van der Waals surface area contributed by atoms with Crippen LogP contribution in [0.1, 0.15) is 29.4 Å². The van der Waals surface area contributed by atoms with Crippen LogP contribution in [-0.4, -0.2) is 21.0 Å². The van der Waals surface area contributed by atoms with Gasteiger partial charge in [-0.25, -0.2) is 0 Å². The monoisotopic (exact) mass is 352 g/mol. The molecular formula is C19H20N4O3. The van der Waals surface area contributed by atoms with E-state index in [1.54, 1.807) is 13.1 Å². The van der Waals surface area contributed by atoms with Crippen molar-refractivity contribution in [3.05, 3.63) is 71.6 Å². The van der Waals surface area contributed by atoms with Crippen molar-refractivity contribution in [1.29, 1.82) is 0 Å². The normalized spacial score (nSPS) is 10.5. The van der Waals surface area contributed by atoms with Crippen LogP contribution in [0.2, 0.25) is 0 Å². The van der Waals surface area contributed by atoms with Crippen LogP contribution in [0, 0.1) is 6.92 Å². The number of rotatable bonds is 8. The van der Waals surface area contributed by atoms with Crippen molar-refractivity contribution in [2.24, 2.45) is 0 Å². The smallest absolute Gasteiger partial charge is 0.227 e. The molecule has 0 spiro atoms. The van der Waals surface area contributed by atoms with Crippen LogP contribution < -0.4 is 10.1 Å². The molecule has 0 bridgehead atoms. The third-order valence-corrected chi connectivity index (χ3v) is 3.66. The molecule has 0 atom stereocenters. The first-order valence-corrected chi connectivity index (χ1v) is 8.36. The maximum absolute atomic E-state index is 11.9. The second-order valence-corrected chi connectivity index (χ2v) is 5.77. The second-order valence-electron chi connectivity index (χ2n) is 5.77. The molecule has 0 saturated heterocycles. The van der Waals surface area contributed by atoms with Crippen LogP contribution >= 0.6 is 0 Å². The van der Waals surface area contributed by atoms with Gasteiger partial charge in [0, 0.05) is 25.6 Å². The van der Waals surface area contributed by atoms with E-state index in [-0.39, 0.29) is 5.91 Å². The lowest BCUT2D eigenvalue weighted by Crippen LogP contribution is -2.23. The zero-order valence-corrected chi connectivity index (χ0v) is 14.5. The predicted octanol–water partition coefficient (Wildman–Crippen LogP) is 2.60. The van der Waals surface area contributed by atoms with Crippen LogP contribution in [0.5, 0.6) is 5.75 Å². The van der Waals surface area contributed by atoms with E-state index in [0.717, 1.165) is 17.0 Å². The number of amides is 1. The summed E-state index contributed by atoms with van der Waals surface area (Å²) in [4.78, 5) is 20.2. The van der Waals surface area contributed by atoms with Crippen molar-refractivity contribution in [2.45, 2.75) is 32.9 Å². The molecule has 3 rings (SSSR count). The molecule has 0 aliphatic carbocycles. The van der Waals surface area contributed by atoms with Gasteiger partial charge in [-0.15, -0.1) is 0 Å². The Balaban J connectivity index is 1.40. The van der Waals surface area contributed by atoms with Crippen LogP contribution in [-0.2, 0) is 24.4 Å². The van der Waals surface area contributed by atoms with Crippen LogP contribution in [0.25, 0.3) is 0 Å². The molecule has 0 aliphatic heterocycles. The highest BCUT2D eigenvalue weighted by Gasteiger charge is 2.07. The average molecular weight is 352 g/mol. The summed E-state index contributed by atoms with van der Waals surface area (Å²) in [5, 5.41) is 6.57. The number of pyridine rings is 1. The molecule has 0 aliphatic rings. The van der Waals surface area contributed by atoms with Gasteiger partial charge in [0.05, 0.1) is 5.69 Å². The topological polar surface area (TPSA) is 90.1 Å². The number of carbonyl (C=O) groups excluding carboxylic acids is 1. The quantitative estimate of drug-likeness (QED) is 0.670. The summed E-state index contributed by atoms with van der Waals surface area (Å²) in [6, 6.07) is 13.3. The zero-order chi connectivity index (χ0) is 18.2. The molecule has 0 saturated carbocycles. The van der Waals surface area contributed by atoms with Gasteiger partial charge in [0.15, 0.2) is 5.82 Å². The minimum atomic E-state index is -0.0590. The van der Waals surface area contributed by atoms with Crippen molar-refractivity contribution < 1.29 is 14.1 Å². The van der Waals surface area contributed by atoms with E-state index in [9.17, 15) is 4.79 Å². The fourth-order valence-corrected chi connectivity index (χ4v) is 2.30. The molecule has 1 aromatic carbocycles. The molecule has 3 aromatic rings. The number of benzene rings is 1. The van der Waals surface area contributed by atoms with Gasteiger partial charge in [0.2, 0.25) is 11.8 Å². The Morgan fingerprint density at radius 3 is 2.73 bits per heavy atom. The average Bonchev–Trinajstić information content (AvgIpc) is 3.10. The maximum atomic E-state index is 11.9. The number of nitrogens with zero attached hydrogens (tertiary/aromatic N) is 3. The van der Waals surface area contributed by atoms with Crippen molar-refractivity contribution in [1.82, 2.24) is 20.4 Å². The van der Waals surface area contributed by atoms with Gasteiger partial charge in [-0.2, -0.15) is 4.98 Å². The van der Waals surface area contributed by atoms with E-state index >= 15 is 0 Å². The molecular weight excluding hydrogens is 332 g/mol. The first-order chi connectivity index (χ1) is 12.7. The number of carbonyl (C=O) groups is 1. The van der Waals surface area contributed by atoms with Gasteiger partial charge in [-0.1, -0.05) is 23.4 Å². The summed E-state index contributed by atoms with van der Waals surface area (Å²) in [5.41, 5.74) is 1.87. The van der Waals surface area contributed by atoms with Gasteiger partial charge in [-0.3, -0.25) is 9.78 Å². The molecule has 0 unspecified atom stereocenters. The minimum Gasteiger partial charge on any atom is -0.487 e. The lowest BCUT2D eigenvalue weighted by atomic mass is 10.2. The van der Waals surface area contributed by atoms with Crippen molar-refractivity contribution in [3.8, 4) is 5.75 Å². The van der Waals surface area contributed by atoms with E-state index in [1.807, 2.05) is 42.5 Å². The van der Waals surface area contributed by atoms with Crippen LogP contribution in [0.4, 0.5) is 0 Å². The summed E-state index contributed by atoms with van der Waals surface area (Å²) in [6.45, 7) is 2.63. The Morgan fingerprint density at radius 2 is 2.04 bits per heavy atom. The number of hydrogen-bond donors (Lipinski definition) is 1. The van der Waals surface area contributed by atoms with Crippen molar-refractivity contribution >= 4 is 5.91 Å². The molecule has 7 heteroatoms. The molecule has 134 valence electrons. The first-order valence-electron chi connectivity index (χ1n) is 8.36.